The first kappa shape index (κ1) is 17.7. The summed E-state index contributed by atoms with van der Waals surface area (Å²) >= 11 is 2.87. The van der Waals surface area contributed by atoms with Crippen LogP contribution in [-0.2, 0) is 11.2 Å². The lowest BCUT2D eigenvalue weighted by atomic mass is 10.2. The molecule has 3 aromatic rings. The van der Waals surface area contributed by atoms with Gasteiger partial charge in [-0.1, -0.05) is 25.2 Å². The van der Waals surface area contributed by atoms with Crippen molar-refractivity contribution in [3.63, 3.8) is 0 Å². The standard InChI is InChI=1S/C16H19N5O2S2/c1-7(2)14-20-21-16(25-14)19-11(22)6-5-10-17-13(23)12-8(3)9(4)24-15(12)18-10/h7H,5-6H2,1-4H3,(H,17,18,23)(H,19,21,22). The lowest BCUT2D eigenvalue weighted by molar-refractivity contribution is -0.116. The van der Waals surface area contributed by atoms with E-state index in [0.29, 0.717) is 22.8 Å². The number of hydrogen-bond acceptors (Lipinski definition) is 7. The number of H-pyrrole nitrogens is 1. The van der Waals surface area contributed by atoms with Gasteiger partial charge in [0.05, 0.1) is 5.39 Å². The summed E-state index contributed by atoms with van der Waals surface area (Å²) in [6.07, 6.45) is 0.581. The number of carbonyl (C=O) groups is 1. The van der Waals surface area contributed by atoms with Gasteiger partial charge in [0.1, 0.15) is 15.7 Å². The third kappa shape index (κ3) is 3.77. The molecule has 1 amide bonds. The first-order valence-corrected chi connectivity index (χ1v) is 9.60. The Morgan fingerprint density at radius 1 is 1.24 bits per heavy atom. The predicted octanol–water partition coefficient (Wildman–Crippen LogP) is 3.15. The Morgan fingerprint density at radius 2 is 2.00 bits per heavy atom. The quantitative estimate of drug-likeness (QED) is 0.711. The molecule has 0 bridgehead atoms. The van der Waals surface area contributed by atoms with Crippen LogP contribution in [0, 0.1) is 13.8 Å². The van der Waals surface area contributed by atoms with Crippen molar-refractivity contribution in [2.75, 3.05) is 5.32 Å². The Kier molecular flexibility index (Phi) is 4.96. The number of hydrogen-bond donors (Lipinski definition) is 2. The van der Waals surface area contributed by atoms with Crippen molar-refractivity contribution in [3.8, 4) is 0 Å². The van der Waals surface area contributed by atoms with Crippen LogP contribution in [0.3, 0.4) is 0 Å². The molecule has 9 heteroatoms. The van der Waals surface area contributed by atoms with Gasteiger partial charge in [0.25, 0.3) is 5.56 Å². The molecule has 25 heavy (non-hydrogen) atoms. The topological polar surface area (TPSA) is 101 Å². The Balaban J connectivity index is 1.67. The number of nitrogens with zero attached hydrogens (tertiary/aromatic N) is 3. The zero-order chi connectivity index (χ0) is 18.1. The molecular formula is C16H19N5O2S2. The first-order chi connectivity index (χ1) is 11.8. The van der Waals surface area contributed by atoms with Gasteiger partial charge in [0.15, 0.2) is 0 Å². The molecule has 0 aliphatic carbocycles. The van der Waals surface area contributed by atoms with E-state index >= 15 is 0 Å². The van der Waals surface area contributed by atoms with Crippen molar-refractivity contribution in [2.24, 2.45) is 0 Å². The molecule has 0 spiro atoms. The number of amides is 1. The van der Waals surface area contributed by atoms with Crippen molar-refractivity contribution in [2.45, 2.75) is 46.5 Å². The van der Waals surface area contributed by atoms with Gasteiger partial charge in [-0.2, -0.15) is 0 Å². The number of aryl methyl sites for hydroxylation is 3. The number of aromatic amines is 1. The van der Waals surface area contributed by atoms with Crippen LogP contribution in [0.25, 0.3) is 10.2 Å². The maximum absolute atomic E-state index is 12.2. The maximum atomic E-state index is 12.2. The molecule has 132 valence electrons. The van der Waals surface area contributed by atoms with Gasteiger partial charge in [0, 0.05) is 23.6 Å². The minimum atomic E-state index is -0.173. The van der Waals surface area contributed by atoms with Crippen LogP contribution in [0.15, 0.2) is 4.79 Å². The van der Waals surface area contributed by atoms with E-state index in [0.717, 1.165) is 20.3 Å². The van der Waals surface area contributed by atoms with Crippen LogP contribution >= 0.6 is 22.7 Å². The van der Waals surface area contributed by atoms with Crippen molar-refractivity contribution >= 4 is 43.9 Å². The second kappa shape index (κ2) is 7.01. The van der Waals surface area contributed by atoms with E-state index < -0.39 is 0 Å². The van der Waals surface area contributed by atoms with Gasteiger partial charge in [-0.25, -0.2) is 4.98 Å². The molecular weight excluding hydrogens is 358 g/mol. The van der Waals surface area contributed by atoms with E-state index in [-0.39, 0.29) is 23.8 Å². The summed E-state index contributed by atoms with van der Waals surface area (Å²) in [5.41, 5.74) is 0.822. The van der Waals surface area contributed by atoms with E-state index in [1.54, 1.807) is 0 Å². The minimum absolute atomic E-state index is 0.145. The second-order valence-electron chi connectivity index (χ2n) is 6.12. The Hall–Kier alpha value is -2.13. The smallest absolute Gasteiger partial charge is 0.259 e. The molecule has 0 saturated heterocycles. The van der Waals surface area contributed by atoms with E-state index in [4.69, 9.17) is 0 Å². The van der Waals surface area contributed by atoms with Gasteiger partial charge in [-0.05, 0) is 19.4 Å². The molecule has 3 aromatic heterocycles. The Morgan fingerprint density at radius 3 is 2.68 bits per heavy atom. The van der Waals surface area contributed by atoms with Crippen LogP contribution in [-0.4, -0.2) is 26.1 Å². The summed E-state index contributed by atoms with van der Waals surface area (Å²) in [5.74, 6) is 0.628. The van der Waals surface area contributed by atoms with E-state index in [1.807, 2.05) is 27.7 Å². The average molecular weight is 377 g/mol. The SMILES string of the molecule is Cc1sc2nc(CCC(=O)Nc3nnc(C(C)C)s3)[nH]c(=O)c2c1C. The molecule has 0 aliphatic heterocycles. The van der Waals surface area contributed by atoms with Crippen LogP contribution in [0.5, 0.6) is 0 Å². The fourth-order valence-electron chi connectivity index (χ4n) is 2.35. The third-order valence-electron chi connectivity index (χ3n) is 3.86. The molecule has 0 saturated carbocycles. The summed E-state index contributed by atoms with van der Waals surface area (Å²) in [6, 6.07) is 0. The van der Waals surface area contributed by atoms with Gasteiger partial charge >= 0.3 is 0 Å². The highest BCUT2D eigenvalue weighted by Crippen LogP contribution is 2.26. The van der Waals surface area contributed by atoms with Crippen LogP contribution < -0.4 is 10.9 Å². The summed E-state index contributed by atoms with van der Waals surface area (Å²) < 4.78 is 0. The van der Waals surface area contributed by atoms with Crippen molar-refractivity contribution in [1.29, 1.82) is 0 Å². The van der Waals surface area contributed by atoms with Crippen molar-refractivity contribution in [3.05, 3.63) is 31.6 Å². The lowest BCUT2D eigenvalue weighted by Crippen LogP contribution is -2.16. The van der Waals surface area contributed by atoms with Gasteiger partial charge in [-0.15, -0.1) is 21.5 Å². The van der Waals surface area contributed by atoms with Gasteiger partial charge < -0.3 is 10.3 Å². The predicted molar refractivity (Wildman–Crippen MR) is 101 cm³/mol. The molecule has 7 nitrogen and oxygen atoms in total. The summed E-state index contributed by atoms with van der Waals surface area (Å²) in [6.45, 7) is 7.95. The zero-order valence-corrected chi connectivity index (χ0v) is 16.1. The van der Waals surface area contributed by atoms with E-state index in [2.05, 4.69) is 25.5 Å². The highest BCUT2D eigenvalue weighted by molar-refractivity contribution is 7.18. The molecule has 0 atom stereocenters. The highest BCUT2D eigenvalue weighted by atomic mass is 32.1. The van der Waals surface area contributed by atoms with Crippen LogP contribution in [0.2, 0.25) is 0 Å². The molecule has 0 radical (unpaired) electrons. The number of anilines is 1. The average Bonchev–Trinajstić information content (AvgIpc) is 3.11. The summed E-state index contributed by atoms with van der Waals surface area (Å²) in [5, 5.41) is 12.8. The maximum Gasteiger partial charge on any atom is 0.259 e. The summed E-state index contributed by atoms with van der Waals surface area (Å²) in [7, 11) is 0. The van der Waals surface area contributed by atoms with E-state index in [9.17, 15) is 9.59 Å². The Bertz CT molecular complexity index is 986. The number of fused-ring (bicyclic) bond motifs is 1. The minimum Gasteiger partial charge on any atom is -0.310 e. The third-order valence-corrected chi connectivity index (χ3v) is 6.10. The molecule has 2 N–H and O–H groups in total. The van der Waals surface area contributed by atoms with Crippen molar-refractivity contribution in [1.82, 2.24) is 20.2 Å². The monoisotopic (exact) mass is 377 g/mol. The first-order valence-electron chi connectivity index (χ1n) is 7.97. The molecule has 0 fully saturated rings. The van der Waals surface area contributed by atoms with Crippen LogP contribution in [0.1, 0.15) is 47.5 Å². The largest absolute Gasteiger partial charge is 0.310 e. The van der Waals surface area contributed by atoms with Gasteiger partial charge in [-0.3, -0.25) is 9.59 Å². The number of rotatable bonds is 5. The molecule has 3 rings (SSSR count). The number of nitrogens with one attached hydrogen (secondary N) is 2. The number of carbonyl (C=O) groups excluding carboxylic acids is 1. The van der Waals surface area contributed by atoms with Crippen molar-refractivity contribution < 1.29 is 4.79 Å². The number of thiophene rings is 1. The lowest BCUT2D eigenvalue weighted by Gasteiger charge is -2.02. The molecule has 0 aromatic carbocycles. The fourth-order valence-corrected chi connectivity index (χ4v) is 4.16. The zero-order valence-electron chi connectivity index (χ0n) is 14.5. The highest BCUT2D eigenvalue weighted by Gasteiger charge is 2.14. The molecule has 3 heterocycles. The van der Waals surface area contributed by atoms with Gasteiger partial charge in [0.2, 0.25) is 11.0 Å². The van der Waals surface area contributed by atoms with Crippen LogP contribution in [0.4, 0.5) is 5.13 Å². The number of aromatic nitrogens is 4. The fraction of sp³-hybridized carbons (Fsp3) is 0.438. The Labute approximate surface area is 152 Å². The normalized spacial score (nSPS) is 11.4. The second-order valence-corrected chi connectivity index (χ2v) is 8.34. The van der Waals surface area contributed by atoms with E-state index in [1.165, 1.54) is 22.7 Å². The molecule has 0 aliphatic rings. The molecule has 0 unspecified atom stereocenters. The summed E-state index contributed by atoms with van der Waals surface area (Å²) in [4.78, 5) is 33.4.